The number of hydrogen-bond acceptors (Lipinski definition) is 4. The van der Waals surface area contributed by atoms with Crippen LogP contribution >= 0.6 is 0 Å². The topological polar surface area (TPSA) is 57.7 Å². The molecule has 124 valence electrons. The Morgan fingerprint density at radius 1 is 0.920 bits per heavy atom. The van der Waals surface area contributed by atoms with Crippen LogP contribution in [0.25, 0.3) is 21.9 Å². The van der Waals surface area contributed by atoms with Crippen molar-refractivity contribution in [3.8, 4) is 11.1 Å². The minimum atomic E-state index is -0.0724. The summed E-state index contributed by atoms with van der Waals surface area (Å²) in [7, 11) is 0. The highest BCUT2D eigenvalue weighted by Gasteiger charge is 2.29. The molecule has 0 atom stereocenters. The summed E-state index contributed by atoms with van der Waals surface area (Å²) in [4.78, 5) is 15.7. The molecule has 1 aliphatic carbocycles. The summed E-state index contributed by atoms with van der Waals surface area (Å²) in [5.41, 5.74) is 4.84. The van der Waals surface area contributed by atoms with Crippen LogP contribution in [0.3, 0.4) is 0 Å². The Bertz CT molecular complexity index is 1060. The molecular weight excluding hydrogens is 314 g/mol. The second-order valence-electron chi connectivity index (χ2n) is 6.31. The molecule has 1 aromatic heterocycles. The lowest BCUT2D eigenvalue weighted by molar-refractivity contribution is 0.0394. The average Bonchev–Trinajstić information content (AvgIpc) is 2.97. The van der Waals surface area contributed by atoms with Gasteiger partial charge in [0.25, 0.3) is 5.56 Å². The lowest BCUT2D eigenvalue weighted by Gasteiger charge is -2.24. The first kappa shape index (κ1) is 14.4. The van der Waals surface area contributed by atoms with Crippen LogP contribution in [0.5, 0.6) is 0 Å². The number of nitrogens with zero attached hydrogens (tertiary/aromatic N) is 2. The van der Waals surface area contributed by atoms with Crippen LogP contribution in [0.4, 0.5) is 0 Å². The third kappa shape index (κ3) is 2.20. The highest BCUT2D eigenvalue weighted by Crippen LogP contribution is 2.39. The third-order valence-corrected chi connectivity index (χ3v) is 4.85. The van der Waals surface area contributed by atoms with Gasteiger partial charge in [0, 0.05) is 16.5 Å². The molecule has 1 aliphatic heterocycles. The van der Waals surface area contributed by atoms with E-state index in [1.165, 1.54) is 0 Å². The fraction of sp³-hybridized carbons (Fsp3) is 0.200. The minimum absolute atomic E-state index is 0.0724. The molecule has 25 heavy (non-hydrogen) atoms. The van der Waals surface area contributed by atoms with Crippen molar-refractivity contribution in [1.29, 1.82) is 0 Å². The molecule has 0 amide bonds. The van der Waals surface area contributed by atoms with Crippen molar-refractivity contribution in [3.63, 3.8) is 0 Å². The number of hydrazone groups is 1. The standard InChI is InChI=1S/C20H17N3O2/c24-20-16-8-4-2-6-14(16)17-13-5-1-3-7-15(13)18(19(17)21-20)22-23-9-11-25-12-10-23/h1-8H,9-12H2,(H,21,24). The number of pyridine rings is 1. The zero-order valence-electron chi connectivity index (χ0n) is 13.7. The van der Waals surface area contributed by atoms with Crippen LogP contribution in [-0.2, 0) is 4.74 Å². The van der Waals surface area contributed by atoms with Gasteiger partial charge in [-0.2, -0.15) is 5.10 Å². The van der Waals surface area contributed by atoms with Gasteiger partial charge >= 0.3 is 0 Å². The molecule has 1 fully saturated rings. The van der Waals surface area contributed by atoms with Gasteiger partial charge in [0.1, 0.15) is 5.71 Å². The highest BCUT2D eigenvalue weighted by atomic mass is 16.5. The molecule has 0 unspecified atom stereocenters. The van der Waals surface area contributed by atoms with Gasteiger partial charge in [-0.05, 0) is 17.0 Å². The predicted octanol–water partition coefficient (Wildman–Crippen LogP) is 2.59. The second kappa shape index (κ2) is 5.57. The second-order valence-corrected chi connectivity index (χ2v) is 6.31. The normalized spacial score (nSPS) is 17.8. The van der Waals surface area contributed by atoms with E-state index in [-0.39, 0.29) is 5.56 Å². The lowest BCUT2D eigenvalue weighted by atomic mass is 10.0. The van der Waals surface area contributed by atoms with Crippen LogP contribution < -0.4 is 5.56 Å². The maximum atomic E-state index is 12.6. The molecule has 2 aromatic carbocycles. The molecular formula is C20H17N3O2. The van der Waals surface area contributed by atoms with E-state index >= 15 is 0 Å². The zero-order chi connectivity index (χ0) is 16.8. The Morgan fingerprint density at radius 3 is 2.40 bits per heavy atom. The van der Waals surface area contributed by atoms with E-state index in [1.807, 2.05) is 41.4 Å². The molecule has 0 radical (unpaired) electrons. The van der Waals surface area contributed by atoms with Gasteiger partial charge in [-0.25, -0.2) is 0 Å². The summed E-state index contributed by atoms with van der Waals surface area (Å²) in [5.74, 6) is 0. The van der Waals surface area contributed by atoms with Crippen molar-refractivity contribution in [3.05, 3.63) is 70.1 Å². The van der Waals surface area contributed by atoms with E-state index in [1.54, 1.807) is 0 Å². The highest BCUT2D eigenvalue weighted by molar-refractivity contribution is 6.26. The maximum Gasteiger partial charge on any atom is 0.256 e. The molecule has 1 N–H and O–H groups in total. The minimum Gasteiger partial charge on any atom is -0.378 e. The van der Waals surface area contributed by atoms with E-state index in [9.17, 15) is 4.79 Å². The molecule has 5 nitrogen and oxygen atoms in total. The van der Waals surface area contributed by atoms with E-state index in [0.29, 0.717) is 18.6 Å². The van der Waals surface area contributed by atoms with Gasteiger partial charge in [0.05, 0.1) is 32.0 Å². The lowest BCUT2D eigenvalue weighted by Crippen LogP contribution is -2.33. The van der Waals surface area contributed by atoms with Gasteiger partial charge in [-0.1, -0.05) is 42.5 Å². The van der Waals surface area contributed by atoms with Gasteiger partial charge in [0.15, 0.2) is 0 Å². The first-order chi connectivity index (χ1) is 12.3. The van der Waals surface area contributed by atoms with Crippen LogP contribution in [0.15, 0.2) is 58.4 Å². The molecule has 2 aliphatic rings. The maximum absolute atomic E-state index is 12.6. The molecule has 3 aromatic rings. The Balaban J connectivity index is 1.81. The summed E-state index contributed by atoms with van der Waals surface area (Å²) in [5, 5.41) is 8.58. The molecule has 1 saturated heterocycles. The van der Waals surface area contributed by atoms with Gasteiger partial charge in [-0.3, -0.25) is 9.80 Å². The zero-order valence-corrected chi connectivity index (χ0v) is 13.7. The smallest absolute Gasteiger partial charge is 0.256 e. The molecule has 0 saturated carbocycles. The predicted molar refractivity (Wildman–Crippen MR) is 98.0 cm³/mol. The molecule has 0 spiro atoms. The first-order valence-corrected chi connectivity index (χ1v) is 8.49. The quantitative estimate of drug-likeness (QED) is 0.583. The number of ether oxygens (including phenoxy) is 1. The largest absolute Gasteiger partial charge is 0.378 e. The van der Waals surface area contributed by atoms with Crippen LogP contribution in [0, 0.1) is 0 Å². The molecule has 5 rings (SSSR count). The van der Waals surface area contributed by atoms with Crippen LogP contribution in [-0.4, -0.2) is 42.0 Å². The van der Waals surface area contributed by atoms with Crippen molar-refractivity contribution in [2.75, 3.05) is 26.3 Å². The van der Waals surface area contributed by atoms with Crippen molar-refractivity contribution in [2.24, 2.45) is 5.10 Å². The number of morpholine rings is 1. The summed E-state index contributed by atoms with van der Waals surface area (Å²) in [6.07, 6.45) is 0. The Morgan fingerprint density at radius 2 is 1.60 bits per heavy atom. The van der Waals surface area contributed by atoms with E-state index in [4.69, 9.17) is 9.84 Å². The van der Waals surface area contributed by atoms with Crippen molar-refractivity contribution < 1.29 is 4.74 Å². The Hall–Kier alpha value is -2.92. The number of rotatable bonds is 1. The van der Waals surface area contributed by atoms with E-state index in [0.717, 1.165) is 46.6 Å². The van der Waals surface area contributed by atoms with Crippen molar-refractivity contribution in [1.82, 2.24) is 9.99 Å². The number of H-pyrrole nitrogens is 1. The average molecular weight is 331 g/mol. The summed E-state index contributed by atoms with van der Waals surface area (Å²) < 4.78 is 5.41. The third-order valence-electron chi connectivity index (χ3n) is 4.85. The molecule has 0 bridgehead atoms. The van der Waals surface area contributed by atoms with Crippen LogP contribution in [0.2, 0.25) is 0 Å². The van der Waals surface area contributed by atoms with E-state index in [2.05, 4.69) is 17.1 Å². The van der Waals surface area contributed by atoms with Crippen molar-refractivity contribution in [2.45, 2.75) is 0 Å². The Kier molecular flexibility index (Phi) is 3.21. The van der Waals surface area contributed by atoms with Crippen molar-refractivity contribution >= 4 is 16.5 Å². The summed E-state index contributed by atoms with van der Waals surface area (Å²) >= 11 is 0. The molecule has 5 heteroatoms. The van der Waals surface area contributed by atoms with Gasteiger partial charge in [-0.15, -0.1) is 0 Å². The fourth-order valence-electron chi connectivity index (χ4n) is 3.68. The number of nitrogens with one attached hydrogen (secondary N) is 1. The monoisotopic (exact) mass is 331 g/mol. The van der Waals surface area contributed by atoms with Crippen LogP contribution in [0.1, 0.15) is 11.3 Å². The number of benzene rings is 2. The first-order valence-electron chi connectivity index (χ1n) is 8.49. The van der Waals surface area contributed by atoms with Gasteiger partial charge < -0.3 is 9.72 Å². The summed E-state index contributed by atoms with van der Waals surface area (Å²) in [6, 6.07) is 16.0. The fourth-order valence-corrected chi connectivity index (χ4v) is 3.68. The Labute approximate surface area is 144 Å². The number of fused-ring (bicyclic) bond motifs is 5. The molecule has 2 heterocycles. The number of aromatic amines is 1. The van der Waals surface area contributed by atoms with Gasteiger partial charge in [0.2, 0.25) is 0 Å². The summed E-state index contributed by atoms with van der Waals surface area (Å²) in [6.45, 7) is 2.89. The number of hydrogen-bond donors (Lipinski definition) is 1. The van der Waals surface area contributed by atoms with E-state index < -0.39 is 0 Å². The number of aromatic nitrogens is 1. The SMILES string of the molecule is O=c1[nH]c2c(c3ccccc13)-c1ccccc1C2=NN1CCOCC1.